The molecule has 0 aliphatic rings. The molecule has 116 valence electrons. The molecule has 0 fully saturated rings. The lowest BCUT2D eigenvalue weighted by atomic mass is 10.1. The molecule has 2 rings (SSSR count). The minimum absolute atomic E-state index is 0.0341. The molecule has 2 aromatic rings. The number of carbonyl (C=O) groups excluding carboxylic acids is 2. The average Bonchev–Trinajstić information content (AvgIpc) is 2.91. The lowest BCUT2D eigenvalue weighted by Gasteiger charge is -2.14. The first-order chi connectivity index (χ1) is 10.5. The zero-order chi connectivity index (χ0) is 16.1. The molecule has 0 unspecified atom stereocenters. The molecule has 0 aliphatic carbocycles. The second-order valence-electron chi connectivity index (χ2n) is 4.75. The van der Waals surface area contributed by atoms with Crippen LogP contribution in [0.15, 0.2) is 34.9 Å². The summed E-state index contributed by atoms with van der Waals surface area (Å²) in [7, 11) is 0. The van der Waals surface area contributed by atoms with E-state index in [1.807, 2.05) is 13.0 Å². The van der Waals surface area contributed by atoms with Crippen LogP contribution in [0.1, 0.15) is 34.8 Å². The molecule has 0 spiro atoms. The summed E-state index contributed by atoms with van der Waals surface area (Å²) < 4.78 is 9.60. The molecule has 0 saturated carbocycles. The van der Waals surface area contributed by atoms with E-state index in [1.54, 1.807) is 25.1 Å². The summed E-state index contributed by atoms with van der Waals surface area (Å²) in [4.78, 5) is 23.4. The van der Waals surface area contributed by atoms with Crippen LogP contribution in [0.4, 0.5) is 0 Å². The number of amides is 1. The van der Waals surface area contributed by atoms with Gasteiger partial charge in [0.15, 0.2) is 6.61 Å². The number of esters is 1. The second kappa shape index (κ2) is 7.09. The molecule has 1 atom stereocenters. The van der Waals surface area contributed by atoms with Gasteiger partial charge in [0.05, 0.1) is 11.7 Å². The summed E-state index contributed by atoms with van der Waals surface area (Å²) in [6.45, 7) is 3.09. The normalized spacial score (nSPS) is 11.8. The SMILES string of the molecule is Cc1cc(C(=O)OCC(=O)N[C@H](C)c2cccc(Cl)c2)on1. The smallest absolute Gasteiger partial charge is 0.377 e. The zero-order valence-corrected chi connectivity index (χ0v) is 12.9. The number of nitrogens with zero attached hydrogens (tertiary/aromatic N) is 1. The van der Waals surface area contributed by atoms with Gasteiger partial charge in [0.1, 0.15) is 0 Å². The number of hydrogen-bond acceptors (Lipinski definition) is 5. The quantitative estimate of drug-likeness (QED) is 0.856. The Morgan fingerprint density at radius 3 is 2.82 bits per heavy atom. The molecular formula is C15H15ClN2O4. The zero-order valence-electron chi connectivity index (χ0n) is 12.1. The van der Waals surface area contributed by atoms with E-state index in [0.717, 1.165) is 5.56 Å². The van der Waals surface area contributed by atoms with E-state index >= 15 is 0 Å². The van der Waals surface area contributed by atoms with Crippen molar-refractivity contribution < 1.29 is 18.8 Å². The van der Waals surface area contributed by atoms with E-state index < -0.39 is 18.5 Å². The summed E-state index contributed by atoms with van der Waals surface area (Å²) in [5.74, 6) is -1.18. The maximum atomic E-state index is 11.8. The summed E-state index contributed by atoms with van der Waals surface area (Å²) in [6, 6.07) is 8.34. The van der Waals surface area contributed by atoms with Crippen molar-refractivity contribution in [3.8, 4) is 0 Å². The summed E-state index contributed by atoms with van der Waals surface area (Å²) in [5, 5.41) is 6.88. The third kappa shape index (κ3) is 4.33. The Hall–Kier alpha value is -2.34. The van der Waals surface area contributed by atoms with Crippen molar-refractivity contribution in [1.82, 2.24) is 10.5 Å². The van der Waals surface area contributed by atoms with Gasteiger partial charge in [-0.25, -0.2) is 4.79 Å². The fourth-order valence-corrected chi connectivity index (χ4v) is 2.00. The van der Waals surface area contributed by atoms with Gasteiger partial charge < -0.3 is 14.6 Å². The minimum atomic E-state index is -0.730. The van der Waals surface area contributed by atoms with Gasteiger partial charge in [-0.3, -0.25) is 4.79 Å². The van der Waals surface area contributed by atoms with E-state index in [-0.39, 0.29) is 11.8 Å². The molecule has 0 saturated heterocycles. The number of nitrogens with one attached hydrogen (secondary N) is 1. The van der Waals surface area contributed by atoms with Crippen molar-refractivity contribution in [2.45, 2.75) is 19.9 Å². The van der Waals surface area contributed by atoms with Gasteiger partial charge in [0.2, 0.25) is 5.76 Å². The van der Waals surface area contributed by atoms with Gasteiger partial charge in [0.25, 0.3) is 5.91 Å². The highest BCUT2D eigenvalue weighted by molar-refractivity contribution is 6.30. The number of halogens is 1. The molecular weight excluding hydrogens is 308 g/mol. The maximum Gasteiger partial charge on any atom is 0.377 e. The Bertz CT molecular complexity index is 684. The number of ether oxygens (including phenoxy) is 1. The van der Waals surface area contributed by atoms with E-state index in [9.17, 15) is 9.59 Å². The summed E-state index contributed by atoms with van der Waals surface area (Å²) >= 11 is 5.90. The molecule has 1 heterocycles. The number of benzene rings is 1. The van der Waals surface area contributed by atoms with Crippen LogP contribution in [0.3, 0.4) is 0 Å². The van der Waals surface area contributed by atoms with Crippen molar-refractivity contribution in [2.24, 2.45) is 0 Å². The van der Waals surface area contributed by atoms with E-state index in [4.69, 9.17) is 20.9 Å². The van der Waals surface area contributed by atoms with Crippen molar-refractivity contribution >= 4 is 23.5 Å². The van der Waals surface area contributed by atoms with Crippen LogP contribution < -0.4 is 5.32 Å². The van der Waals surface area contributed by atoms with Gasteiger partial charge in [-0.05, 0) is 31.5 Å². The minimum Gasteiger partial charge on any atom is -0.450 e. The molecule has 0 aliphatic heterocycles. The van der Waals surface area contributed by atoms with Crippen molar-refractivity contribution in [2.75, 3.05) is 6.61 Å². The van der Waals surface area contributed by atoms with Crippen LogP contribution >= 0.6 is 11.6 Å². The van der Waals surface area contributed by atoms with Crippen molar-refractivity contribution in [3.05, 3.63) is 52.4 Å². The molecule has 1 aromatic heterocycles. The van der Waals surface area contributed by atoms with Gasteiger partial charge in [0, 0.05) is 11.1 Å². The van der Waals surface area contributed by atoms with Gasteiger partial charge in [-0.15, -0.1) is 0 Å². The van der Waals surface area contributed by atoms with Crippen LogP contribution in [0, 0.1) is 6.92 Å². The lowest BCUT2D eigenvalue weighted by molar-refractivity contribution is -0.124. The fourth-order valence-electron chi connectivity index (χ4n) is 1.80. The maximum absolute atomic E-state index is 11.8. The lowest BCUT2D eigenvalue weighted by Crippen LogP contribution is -2.31. The fraction of sp³-hybridized carbons (Fsp3) is 0.267. The molecule has 0 bridgehead atoms. The van der Waals surface area contributed by atoms with Crippen LogP contribution in [-0.4, -0.2) is 23.6 Å². The Morgan fingerprint density at radius 2 is 2.18 bits per heavy atom. The average molecular weight is 323 g/mol. The highest BCUT2D eigenvalue weighted by atomic mass is 35.5. The Balaban J connectivity index is 1.84. The van der Waals surface area contributed by atoms with Gasteiger partial charge >= 0.3 is 5.97 Å². The number of carbonyl (C=O) groups is 2. The van der Waals surface area contributed by atoms with Crippen LogP contribution in [-0.2, 0) is 9.53 Å². The number of aromatic nitrogens is 1. The molecule has 1 N–H and O–H groups in total. The predicted octanol–water partition coefficient (Wildman–Crippen LogP) is 2.67. The Morgan fingerprint density at radius 1 is 1.41 bits per heavy atom. The Kier molecular flexibility index (Phi) is 5.16. The first-order valence-electron chi connectivity index (χ1n) is 6.61. The number of hydrogen-bond donors (Lipinski definition) is 1. The topological polar surface area (TPSA) is 81.4 Å². The number of rotatable bonds is 5. The second-order valence-corrected chi connectivity index (χ2v) is 5.19. The van der Waals surface area contributed by atoms with Crippen LogP contribution in [0.5, 0.6) is 0 Å². The molecule has 7 heteroatoms. The highest BCUT2D eigenvalue weighted by Crippen LogP contribution is 2.17. The third-order valence-electron chi connectivity index (χ3n) is 2.89. The van der Waals surface area contributed by atoms with Gasteiger partial charge in [-0.2, -0.15) is 0 Å². The predicted molar refractivity (Wildman–Crippen MR) is 79.5 cm³/mol. The highest BCUT2D eigenvalue weighted by Gasteiger charge is 2.16. The van der Waals surface area contributed by atoms with Crippen LogP contribution in [0.2, 0.25) is 5.02 Å². The molecule has 1 amide bonds. The molecule has 0 radical (unpaired) electrons. The van der Waals surface area contributed by atoms with Gasteiger partial charge in [-0.1, -0.05) is 28.9 Å². The third-order valence-corrected chi connectivity index (χ3v) is 3.12. The first kappa shape index (κ1) is 16.0. The monoisotopic (exact) mass is 322 g/mol. The summed E-state index contributed by atoms with van der Waals surface area (Å²) in [5.41, 5.74) is 1.42. The molecule has 22 heavy (non-hydrogen) atoms. The molecule has 1 aromatic carbocycles. The number of aryl methyl sites for hydroxylation is 1. The van der Waals surface area contributed by atoms with E-state index in [0.29, 0.717) is 10.7 Å². The van der Waals surface area contributed by atoms with E-state index in [1.165, 1.54) is 6.07 Å². The first-order valence-corrected chi connectivity index (χ1v) is 6.99. The summed E-state index contributed by atoms with van der Waals surface area (Å²) in [6.07, 6.45) is 0. The standard InChI is InChI=1S/C15H15ClN2O4/c1-9-6-13(22-18-9)15(20)21-8-14(19)17-10(2)11-4-3-5-12(16)7-11/h3-7,10H,8H2,1-2H3,(H,17,19)/t10-/m1/s1. The molecule has 6 nitrogen and oxygen atoms in total. The van der Waals surface area contributed by atoms with Crippen molar-refractivity contribution in [3.63, 3.8) is 0 Å². The Labute approximate surface area is 132 Å². The van der Waals surface area contributed by atoms with E-state index in [2.05, 4.69) is 10.5 Å². The van der Waals surface area contributed by atoms with Crippen LogP contribution in [0.25, 0.3) is 0 Å². The largest absolute Gasteiger partial charge is 0.450 e. The van der Waals surface area contributed by atoms with Crippen molar-refractivity contribution in [1.29, 1.82) is 0 Å².